The van der Waals surface area contributed by atoms with E-state index in [1.54, 1.807) is 42.5 Å². The van der Waals surface area contributed by atoms with Crippen molar-refractivity contribution in [1.29, 1.82) is 0 Å². The molecule has 0 unspecified atom stereocenters. The number of aromatic nitrogens is 4. The van der Waals surface area contributed by atoms with Gasteiger partial charge in [-0.25, -0.2) is 9.97 Å². The summed E-state index contributed by atoms with van der Waals surface area (Å²) in [5.41, 5.74) is 0.836. The lowest BCUT2D eigenvalue weighted by atomic mass is 10.1. The molecule has 2 aromatic rings. The molecule has 1 N–H and O–H groups in total. The number of rotatable bonds is 5. The van der Waals surface area contributed by atoms with E-state index in [0.717, 1.165) is 5.56 Å². The fourth-order valence-electron chi connectivity index (χ4n) is 1.55. The van der Waals surface area contributed by atoms with Crippen molar-refractivity contribution in [2.75, 3.05) is 0 Å². The Morgan fingerprint density at radius 1 is 1.03 bits per heavy atom. The van der Waals surface area contributed by atoms with Gasteiger partial charge in [-0.1, -0.05) is 11.6 Å². The molecule has 0 aliphatic carbocycles. The average molecular weight is 485 g/mol. The molecule has 182 valence electrons. The van der Waals surface area contributed by atoms with E-state index in [1.807, 2.05) is 6.07 Å². The second-order valence-corrected chi connectivity index (χ2v) is 5.85. The van der Waals surface area contributed by atoms with Gasteiger partial charge in [0.1, 0.15) is 18.1 Å². The number of hydrogen-bond acceptors (Lipinski definition) is 8. The smallest absolute Gasteiger partial charge is 0.430 e. The van der Waals surface area contributed by atoms with Gasteiger partial charge in [0.25, 0.3) is 0 Å². The van der Waals surface area contributed by atoms with Crippen molar-refractivity contribution in [3.8, 4) is 11.4 Å². The summed E-state index contributed by atoms with van der Waals surface area (Å²) in [7, 11) is 0. The summed E-state index contributed by atoms with van der Waals surface area (Å²) >= 11 is 0. The number of carbonyl (C=O) groups is 3. The molecule has 0 amide bonds. The molecule has 1 atom stereocenters. The van der Waals surface area contributed by atoms with E-state index < -0.39 is 30.3 Å². The number of carboxylic acids is 3. The molecule has 2 rings (SSSR count). The van der Waals surface area contributed by atoms with Crippen LogP contribution >= 0.6 is 0 Å². The van der Waals surface area contributed by atoms with Gasteiger partial charge in [0, 0.05) is 30.4 Å². The average Bonchev–Trinajstić information content (AvgIpc) is 2.72. The van der Waals surface area contributed by atoms with Gasteiger partial charge in [0.2, 0.25) is 0 Å². The van der Waals surface area contributed by atoms with Crippen LogP contribution in [0.25, 0.3) is 11.4 Å². The highest BCUT2D eigenvalue weighted by Gasteiger charge is 2.29. The third-order valence-electron chi connectivity index (χ3n) is 3.27. The van der Waals surface area contributed by atoms with Crippen LogP contribution in [0.2, 0.25) is 0 Å². The van der Waals surface area contributed by atoms with Gasteiger partial charge in [-0.05, 0) is 11.2 Å². The molecule has 0 saturated heterocycles. The minimum absolute atomic E-state index is 0.369. The third-order valence-corrected chi connectivity index (χ3v) is 3.27. The summed E-state index contributed by atoms with van der Waals surface area (Å²) in [4.78, 5) is 36.6. The number of aliphatic carboxylic acids is 3. The van der Waals surface area contributed by atoms with Crippen LogP contribution in [-0.2, 0) is 20.9 Å². The quantitative estimate of drug-likeness (QED) is 0.436. The minimum atomic E-state index is -5.19. The van der Waals surface area contributed by atoms with Gasteiger partial charge in [0.05, 0.1) is 5.92 Å². The van der Waals surface area contributed by atoms with Crippen molar-refractivity contribution in [3.05, 3.63) is 36.9 Å². The maximum absolute atomic E-state index is 10.7. The van der Waals surface area contributed by atoms with E-state index in [4.69, 9.17) is 24.9 Å². The van der Waals surface area contributed by atoms with Crippen LogP contribution in [0, 0.1) is 5.92 Å². The lowest BCUT2D eigenvalue weighted by Gasteiger charge is -2.03. The first-order valence-electron chi connectivity index (χ1n) is 8.48. The molecule has 0 spiro atoms. The maximum atomic E-state index is 10.7. The second-order valence-electron chi connectivity index (χ2n) is 5.85. The highest BCUT2D eigenvalue weighted by molar-refractivity contribution is 5.71. The van der Waals surface area contributed by atoms with Gasteiger partial charge in [-0.3, -0.25) is 4.79 Å². The Morgan fingerprint density at radius 2 is 1.48 bits per heavy atom. The van der Waals surface area contributed by atoms with Crippen molar-refractivity contribution in [3.63, 3.8) is 0 Å². The highest BCUT2D eigenvalue weighted by atomic mass is 19.4. The van der Waals surface area contributed by atoms with Crippen LogP contribution < -0.4 is 14.9 Å². The van der Waals surface area contributed by atoms with Crippen LogP contribution in [0.15, 0.2) is 36.9 Å². The Kier molecular flexibility index (Phi) is 11.4. The maximum Gasteiger partial charge on any atom is 0.430 e. The van der Waals surface area contributed by atoms with Gasteiger partial charge in [-0.2, -0.15) is 26.3 Å². The standard InChI is InChI=1S/C13H14N4O2.2C2HF3O2/c1-10(13(18)19)3-7-17-8-4-11(9-16-17)12-14-5-2-6-15-12;2*3-2(4,5)1(6)7/h2,4-6,8-10H,3,7H2,1H3;2*(H,6,7)/p-1/t10-;;/m0../s1. The number of carboxylic acid groups (broad SMARTS) is 3. The molecule has 33 heavy (non-hydrogen) atoms. The monoisotopic (exact) mass is 485 g/mol. The van der Waals surface area contributed by atoms with Crippen LogP contribution in [0.4, 0.5) is 26.3 Å². The molecule has 2 aromatic heterocycles. The van der Waals surface area contributed by atoms with Crippen molar-refractivity contribution >= 4 is 17.9 Å². The highest BCUT2D eigenvalue weighted by Crippen LogP contribution is 2.12. The fourth-order valence-corrected chi connectivity index (χ4v) is 1.55. The second kappa shape index (κ2) is 12.9. The van der Waals surface area contributed by atoms with E-state index in [-0.39, 0.29) is 5.92 Å². The predicted octanol–water partition coefficient (Wildman–Crippen LogP) is -0.466. The number of hydrogen-bond donors (Lipinski definition) is 1. The topological polar surface area (TPSA) is 160 Å². The van der Waals surface area contributed by atoms with Gasteiger partial charge in [-0.15, -0.1) is 0 Å². The first-order valence-corrected chi connectivity index (χ1v) is 8.48. The first kappa shape index (κ1) is 29.1. The molecule has 0 radical (unpaired) electrons. The van der Waals surface area contributed by atoms with Crippen LogP contribution in [0.5, 0.6) is 0 Å². The first-order chi connectivity index (χ1) is 15.1. The minimum Gasteiger partial charge on any atom is -0.542 e. The number of nitrogens with zero attached hydrogens (tertiary/aromatic N) is 4. The lowest BCUT2D eigenvalue weighted by molar-refractivity contribution is -0.754. The summed E-state index contributed by atoms with van der Waals surface area (Å²) in [6, 6.07) is 3.63. The molecule has 16 heteroatoms. The van der Waals surface area contributed by atoms with E-state index in [1.165, 1.54) is 0 Å². The third kappa shape index (κ3) is 12.6. The molecule has 0 saturated carbocycles. The number of halogens is 6. The Hall–Kier alpha value is -3.85. The van der Waals surface area contributed by atoms with Gasteiger partial charge >= 0.3 is 18.3 Å². The molecule has 2 heterocycles. The summed E-state index contributed by atoms with van der Waals surface area (Å²) < 4.78 is 64.8. The van der Waals surface area contributed by atoms with Crippen LogP contribution in [0.3, 0.4) is 0 Å². The predicted molar refractivity (Wildman–Crippen MR) is 89.0 cm³/mol. The van der Waals surface area contributed by atoms with E-state index in [2.05, 4.69) is 15.1 Å². The zero-order valence-corrected chi connectivity index (χ0v) is 16.5. The Labute approximate surface area is 181 Å². The van der Waals surface area contributed by atoms with Gasteiger partial charge in [0.15, 0.2) is 18.6 Å². The molecule has 0 aliphatic rings. The Balaban J connectivity index is 0.000000605. The summed E-state index contributed by atoms with van der Waals surface area (Å²) in [6.45, 7) is 2.26. The van der Waals surface area contributed by atoms with E-state index in [0.29, 0.717) is 18.8 Å². The van der Waals surface area contributed by atoms with E-state index in [9.17, 15) is 31.1 Å². The van der Waals surface area contributed by atoms with Crippen molar-refractivity contribution in [1.82, 2.24) is 15.1 Å². The van der Waals surface area contributed by atoms with Crippen molar-refractivity contribution in [2.45, 2.75) is 32.2 Å². The lowest BCUT2D eigenvalue weighted by Crippen LogP contribution is -2.38. The van der Waals surface area contributed by atoms with Crippen LogP contribution in [-0.4, -0.2) is 50.4 Å². The normalized spacial score (nSPS) is 11.7. The van der Waals surface area contributed by atoms with Gasteiger partial charge < -0.3 is 24.9 Å². The zero-order valence-electron chi connectivity index (χ0n) is 16.5. The molecule has 0 aromatic carbocycles. The van der Waals surface area contributed by atoms with Crippen molar-refractivity contribution < 1.29 is 60.7 Å². The fraction of sp³-hybridized carbons (Fsp3) is 0.353. The van der Waals surface area contributed by atoms with Crippen LogP contribution in [0.1, 0.15) is 13.3 Å². The molecule has 0 bridgehead atoms. The summed E-state index contributed by atoms with van der Waals surface area (Å²) in [6.07, 6.45) is -2.99. The van der Waals surface area contributed by atoms with E-state index >= 15 is 0 Å². The number of carbonyl (C=O) groups excluding carboxylic acids is 2. The summed E-state index contributed by atoms with van der Waals surface area (Å²) in [5, 5.41) is 30.6. The Morgan fingerprint density at radius 3 is 1.82 bits per heavy atom. The summed E-state index contributed by atoms with van der Waals surface area (Å²) in [5.74, 6) is -6.54. The molecule has 10 nitrogen and oxygen atoms in total. The zero-order chi connectivity index (χ0) is 25.8. The molecule has 0 aliphatic heterocycles. The SMILES string of the molecule is C[C@@H](CC[n+]1ccc(-c2ncccn2)cn1)C(=O)O.O=C([O-])C(F)(F)F.O=C([O-])C(F)(F)F. The van der Waals surface area contributed by atoms with Crippen molar-refractivity contribution in [2.24, 2.45) is 5.92 Å². The largest absolute Gasteiger partial charge is 0.542 e. The Bertz CT molecular complexity index is 883. The molecule has 0 fully saturated rings. The molecular weight excluding hydrogens is 470 g/mol. The molecular formula is C17H15F6N4O6-. The number of alkyl halides is 6. The number of aryl methyl sites for hydroxylation is 1.